The fourth-order valence-corrected chi connectivity index (χ4v) is 2.23. The largest absolute Gasteiger partial charge is 0.478 e. The number of carbonyl (C=O) groups is 2. The number of carboxylic acids is 1. The number of nitrogens with zero attached hydrogens (tertiary/aromatic N) is 3. The highest BCUT2D eigenvalue weighted by molar-refractivity contribution is 7.08. The van der Waals surface area contributed by atoms with Gasteiger partial charge in [0, 0.05) is 6.20 Å². The van der Waals surface area contributed by atoms with E-state index in [2.05, 4.69) is 19.9 Å². The van der Waals surface area contributed by atoms with Crippen LogP contribution in [-0.2, 0) is 6.42 Å². The van der Waals surface area contributed by atoms with Crippen molar-refractivity contribution in [3.8, 4) is 0 Å². The standard InChI is InChI=1S/C12H12N4O3S/c1-2-4-8-9(20-16-15-8)11(17)14-10-7(12(18)19)5-3-6-13-10/h3,5-6H,2,4H2,1H3,(H,18,19)(H,13,14,17). The molecule has 0 radical (unpaired) electrons. The maximum atomic E-state index is 12.1. The number of aryl methyl sites for hydroxylation is 1. The number of aromatic nitrogens is 3. The van der Waals surface area contributed by atoms with Crippen LogP contribution in [0.1, 0.15) is 39.1 Å². The second-order valence-corrected chi connectivity index (χ2v) is 4.71. The molecule has 0 aromatic carbocycles. The number of anilines is 1. The first kappa shape index (κ1) is 14.1. The van der Waals surface area contributed by atoms with E-state index < -0.39 is 11.9 Å². The molecule has 2 N–H and O–H groups in total. The summed E-state index contributed by atoms with van der Waals surface area (Å²) in [5.74, 6) is -1.57. The second-order valence-electron chi connectivity index (χ2n) is 3.96. The summed E-state index contributed by atoms with van der Waals surface area (Å²) in [6.07, 6.45) is 2.91. The van der Waals surface area contributed by atoms with E-state index in [1.54, 1.807) is 0 Å². The normalized spacial score (nSPS) is 10.2. The lowest BCUT2D eigenvalue weighted by Crippen LogP contribution is -2.16. The molecule has 0 aliphatic rings. The third kappa shape index (κ3) is 2.97. The van der Waals surface area contributed by atoms with Crippen LogP contribution in [0.2, 0.25) is 0 Å². The van der Waals surface area contributed by atoms with Crippen LogP contribution in [0.5, 0.6) is 0 Å². The van der Waals surface area contributed by atoms with Gasteiger partial charge < -0.3 is 10.4 Å². The number of pyridine rings is 1. The van der Waals surface area contributed by atoms with Crippen LogP contribution in [0.15, 0.2) is 18.3 Å². The topological polar surface area (TPSA) is 105 Å². The second kappa shape index (κ2) is 6.20. The first-order valence-electron chi connectivity index (χ1n) is 5.94. The van der Waals surface area contributed by atoms with Gasteiger partial charge >= 0.3 is 5.97 Å². The van der Waals surface area contributed by atoms with Crippen molar-refractivity contribution in [1.82, 2.24) is 14.6 Å². The molecule has 2 aromatic heterocycles. The molecule has 0 aliphatic carbocycles. The van der Waals surface area contributed by atoms with Crippen molar-refractivity contribution >= 4 is 29.2 Å². The van der Waals surface area contributed by atoms with Crippen molar-refractivity contribution < 1.29 is 14.7 Å². The molecule has 7 nitrogen and oxygen atoms in total. The maximum Gasteiger partial charge on any atom is 0.339 e. The lowest BCUT2D eigenvalue weighted by molar-refractivity contribution is 0.0697. The molecule has 0 fully saturated rings. The summed E-state index contributed by atoms with van der Waals surface area (Å²) in [5, 5.41) is 15.4. The third-order valence-corrected chi connectivity index (χ3v) is 3.29. The van der Waals surface area contributed by atoms with Crippen molar-refractivity contribution in [3.63, 3.8) is 0 Å². The zero-order chi connectivity index (χ0) is 14.5. The smallest absolute Gasteiger partial charge is 0.339 e. The SMILES string of the molecule is CCCc1nnsc1C(=O)Nc1ncccc1C(=O)O. The summed E-state index contributed by atoms with van der Waals surface area (Å²) in [4.78, 5) is 27.4. The average Bonchev–Trinajstić information content (AvgIpc) is 2.88. The zero-order valence-electron chi connectivity index (χ0n) is 10.7. The van der Waals surface area contributed by atoms with Gasteiger partial charge in [0.25, 0.3) is 5.91 Å². The zero-order valence-corrected chi connectivity index (χ0v) is 11.5. The summed E-state index contributed by atoms with van der Waals surface area (Å²) < 4.78 is 3.76. The molecule has 0 spiro atoms. The van der Waals surface area contributed by atoms with Crippen LogP contribution >= 0.6 is 11.5 Å². The Bertz CT molecular complexity index is 641. The van der Waals surface area contributed by atoms with E-state index in [-0.39, 0.29) is 11.4 Å². The third-order valence-electron chi connectivity index (χ3n) is 2.52. The van der Waals surface area contributed by atoms with Crippen LogP contribution in [0.4, 0.5) is 5.82 Å². The van der Waals surface area contributed by atoms with E-state index >= 15 is 0 Å². The number of amides is 1. The molecule has 104 valence electrons. The van der Waals surface area contributed by atoms with Gasteiger partial charge in [-0.1, -0.05) is 17.8 Å². The first-order valence-corrected chi connectivity index (χ1v) is 6.71. The summed E-state index contributed by atoms with van der Waals surface area (Å²) >= 11 is 0.983. The Balaban J connectivity index is 2.24. The summed E-state index contributed by atoms with van der Waals surface area (Å²) in [6, 6.07) is 2.87. The van der Waals surface area contributed by atoms with Crippen LogP contribution < -0.4 is 5.32 Å². The minimum Gasteiger partial charge on any atom is -0.478 e. The number of carboxylic acid groups (broad SMARTS) is 1. The molecular formula is C12H12N4O3S. The van der Waals surface area contributed by atoms with E-state index in [1.807, 2.05) is 6.92 Å². The Labute approximate surface area is 118 Å². The quantitative estimate of drug-likeness (QED) is 0.871. The van der Waals surface area contributed by atoms with Gasteiger partial charge in [-0.05, 0) is 30.1 Å². The molecule has 1 amide bonds. The van der Waals surface area contributed by atoms with Gasteiger partial charge in [-0.25, -0.2) is 9.78 Å². The fourth-order valence-electron chi connectivity index (χ4n) is 1.62. The lowest BCUT2D eigenvalue weighted by atomic mass is 10.2. The Morgan fingerprint density at radius 3 is 2.95 bits per heavy atom. The Kier molecular flexibility index (Phi) is 4.36. The molecule has 0 bridgehead atoms. The Morgan fingerprint density at radius 2 is 2.25 bits per heavy atom. The van der Waals surface area contributed by atoms with Crippen molar-refractivity contribution in [2.24, 2.45) is 0 Å². The van der Waals surface area contributed by atoms with Gasteiger partial charge in [-0.3, -0.25) is 4.79 Å². The first-order chi connectivity index (χ1) is 9.63. The molecule has 20 heavy (non-hydrogen) atoms. The Morgan fingerprint density at radius 1 is 1.45 bits per heavy atom. The molecule has 0 saturated carbocycles. The highest BCUT2D eigenvalue weighted by Crippen LogP contribution is 2.17. The maximum absolute atomic E-state index is 12.1. The fraction of sp³-hybridized carbons (Fsp3) is 0.250. The van der Waals surface area contributed by atoms with Crippen molar-refractivity contribution in [3.05, 3.63) is 34.5 Å². The molecule has 0 aliphatic heterocycles. The van der Waals surface area contributed by atoms with Crippen LogP contribution in [-0.4, -0.2) is 31.6 Å². The minimum absolute atomic E-state index is 0.0147. The van der Waals surface area contributed by atoms with E-state index in [9.17, 15) is 9.59 Å². The summed E-state index contributed by atoms with van der Waals surface area (Å²) in [6.45, 7) is 1.97. The summed E-state index contributed by atoms with van der Waals surface area (Å²) in [7, 11) is 0. The summed E-state index contributed by atoms with van der Waals surface area (Å²) in [5.41, 5.74) is 0.554. The van der Waals surface area contributed by atoms with Gasteiger partial charge in [0.1, 0.15) is 16.3 Å². The molecule has 8 heteroatoms. The highest BCUT2D eigenvalue weighted by Gasteiger charge is 2.19. The van der Waals surface area contributed by atoms with Gasteiger partial charge in [-0.2, -0.15) is 0 Å². The average molecular weight is 292 g/mol. The molecule has 2 rings (SSSR count). The molecule has 2 aromatic rings. The van der Waals surface area contributed by atoms with E-state index in [0.29, 0.717) is 17.0 Å². The van der Waals surface area contributed by atoms with Gasteiger partial charge in [0.05, 0.1) is 5.69 Å². The Hall–Kier alpha value is -2.35. The molecule has 0 unspecified atom stereocenters. The number of hydrogen-bond acceptors (Lipinski definition) is 6. The van der Waals surface area contributed by atoms with Crippen molar-refractivity contribution in [2.45, 2.75) is 19.8 Å². The number of hydrogen-bond donors (Lipinski definition) is 2. The van der Waals surface area contributed by atoms with Crippen molar-refractivity contribution in [2.75, 3.05) is 5.32 Å². The van der Waals surface area contributed by atoms with Crippen LogP contribution in [0.25, 0.3) is 0 Å². The van der Waals surface area contributed by atoms with Gasteiger partial charge in [0.15, 0.2) is 0 Å². The predicted molar refractivity (Wildman–Crippen MR) is 73.1 cm³/mol. The van der Waals surface area contributed by atoms with E-state index in [0.717, 1.165) is 18.0 Å². The van der Waals surface area contributed by atoms with Gasteiger partial charge in [0.2, 0.25) is 0 Å². The monoisotopic (exact) mass is 292 g/mol. The highest BCUT2D eigenvalue weighted by atomic mass is 32.1. The molecule has 0 saturated heterocycles. The van der Waals surface area contributed by atoms with E-state index in [4.69, 9.17) is 5.11 Å². The molecular weight excluding hydrogens is 280 g/mol. The minimum atomic E-state index is -1.15. The number of carbonyl (C=O) groups excluding carboxylic acids is 1. The van der Waals surface area contributed by atoms with Gasteiger partial charge in [-0.15, -0.1) is 5.10 Å². The van der Waals surface area contributed by atoms with Crippen LogP contribution in [0.3, 0.4) is 0 Å². The lowest BCUT2D eigenvalue weighted by Gasteiger charge is -2.06. The molecule has 2 heterocycles. The predicted octanol–water partition coefficient (Wildman–Crippen LogP) is 1.84. The van der Waals surface area contributed by atoms with Crippen LogP contribution in [0, 0.1) is 0 Å². The number of nitrogens with one attached hydrogen (secondary N) is 1. The van der Waals surface area contributed by atoms with Crippen molar-refractivity contribution in [1.29, 1.82) is 0 Å². The number of aromatic carboxylic acids is 1. The number of rotatable bonds is 5. The molecule has 0 atom stereocenters. The van der Waals surface area contributed by atoms with E-state index in [1.165, 1.54) is 18.3 Å².